The molecular formula is C16H24N2O3. The van der Waals surface area contributed by atoms with Crippen molar-refractivity contribution in [3.63, 3.8) is 0 Å². The molecule has 1 aromatic carbocycles. The molecule has 5 heteroatoms. The van der Waals surface area contributed by atoms with Gasteiger partial charge in [0.2, 0.25) is 5.91 Å². The molecule has 1 unspecified atom stereocenters. The zero-order valence-corrected chi connectivity index (χ0v) is 12.6. The van der Waals surface area contributed by atoms with Crippen molar-refractivity contribution < 1.29 is 14.3 Å². The number of amides is 1. The van der Waals surface area contributed by atoms with Crippen LogP contribution >= 0.6 is 0 Å². The minimum Gasteiger partial charge on any atom is -0.382 e. The molecule has 2 N–H and O–H groups in total. The molecule has 1 atom stereocenters. The Hall–Kier alpha value is -1.43. The number of benzene rings is 1. The van der Waals surface area contributed by atoms with E-state index in [4.69, 9.17) is 9.47 Å². The van der Waals surface area contributed by atoms with Crippen LogP contribution in [0.25, 0.3) is 0 Å². The van der Waals surface area contributed by atoms with E-state index in [-0.39, 0.29) is 5.91 Å². The summed E-state index contributed by atoms with van der Waals surface area (Å²) in [5.41, 5.74) is 1.87. The standard InChI is InChI=1S/C16H24N2O3/c1-20-8-9-21-12-13-4-2-5-15(10-13)18-16(19)11-14-6-3-7-17-14/h2,4-5,10,14,17H,3,6-9,11-12H2,1H3,(H,18,19). The lowest BCUT2D eigenvalue weighted by Gasteiger charge is -2.11. The molecule has 1 aromatic rings. The second kappa shape index (κ2) is 8.77. The van der Waals surface area contributed by atoms with Crippen molar-refractivity contribution in [3.8, 4) is 0 Å². The van der Waals surface area contributed by atoms with E-state index in [1.807, 2.05) is 24.3 Å². The number of nitrogens with one attached hydrogen (secondary N) is 2. The van der Waals surface area contributed by atoms with Crippen molar-refractivity contribution in [3.05, 3.63) is 29.8 Å². The maximum atomic E-state index is 12.0. The van der Waals surface area contributed by atoms with E-state index in [1.165, 1.54) is 0 Å². The first-order chi connectivity index (χ1) is 10.3. The van der Waals surface area contributed by atoms with E-state index < -0.39 is 0 Å². The molecule has 0 bridgehead atoms. The molecule has 0 radical (unpaired) electrons. The summed E-state index contributed by atoms with van der Waals surface area (Å²) in [6.45, 7) is 2.70. The molecular weight excluding hydrogens is 268 g/mol. The topological polar surface area (TPSA) is 59.6 Å². The van der Waals surface area contributed by atoms with Gasteiger partial charge in [0.25, 0.3) is 0 Å². The van der Waals surface area contributed by atoms with Gasteiger partial charge in [-0.25, -0.2) is 0 Å². The van der Waals surface area contributed by atoms with E-state index in [0.717, 1.165) is 30.6 Å². The van der Waals surface area contributed by atoms with Gasteiger partial charge in [0, 0.05) is 25.3 Å². The Kier molecular flexibility index (Phi) is 6.66. The Morgan fingerprint density at radius 1 is 1.43 bits per heavy atom. The number of hydrogen-bond acceptors (Lipinski definition) is 4. The van der Waals surface area contributed by atoms with Gasteiger partial charge in [0.15, 0.2) is 0 Å². The Balaban J connectivity index is 1.78. The first-order valence-electron chi connectivity index (χ1n) is 7.47. The summed E-state index contributed by atoms with van der Waals surface area (Å²) in [6, 6.07) is 8.09. The number of anilines is 1. The Morgan fingerprint density at radius 2 is 2.33 bits per heavy atom. The number of carbonyl (C=O) groups excluding carboxylic acids is 1. The highest BCUT2D eigenvalue weighted by Gasteiger charge is 2.17. The lowest BCUT2D eigenvalue weighted by molar-refractivity contribution is -0.116. The predicted octanol–water partition coefficient (Wildman–Crippen LogP) is 1.93. The number of carbonyl (C=O) groups is 1. The van der Waals surface area contributed by atoms with Crippen LogP contribution in [0.1, 0.15) is 24.8 Å². The van der Waals surface area contributed by atoms with Crippen molar-refractivity contribution in [2.45, 2.75) is 31.9 Å². The zero-order valence-electron chi connectivity index (χ0n) is 12.6. The van der Waals surface area contributed by atoms with Gasteiger partial charge in [-0.15, -0.1) is 0 Å². The highest BCUT2D eigenvalue weighted by molar-refractivity contribution is 5.91. The molecule has 0 aromatic heterocycles. The summed E-state index contributed by atoms with van der Waals surface area (Å²) in [4.78, 5) is 12.0. The van der Waals surface area contributed by atoms with Gasteiger partial charge in [0.1, 0.15) is 0 Å². The second-order valence-electron chi connectivity index (χ2n) is 5.29. The van der Waals surface area contributed by atoms with Crippen molar-refractivity contribution in [1.82, 2.24) is 5.32 Å². The largest absolute Gasteiger partial charge is 0.382 e. The quantitative estimate of drug-likeness (QED) is 0.719. The van der Waals surface area contributed by atoms with E-state index >= 15 is 0 Å². The average molecular weight is 292 g/mol. The fourth-order valence-electron chi connectivity index (χ4n) is 2.44. The normalized spacial score (nSPS) is 17.9. The molecule has 1 saturated heterocycles. The van der Waals surface area contributed by atoms with Crippen LogP contribution in [0.5, 0.6) is 0 Å². The van der Waals surface area contributed by atoms with Crippen LogP contribution in [0.15, 0.2) is 24.3 Å². The van der Waals surface area contributed by atoms with Crippen LogP contribution in [0.4, 0.5) is 5.69 Å². The molecule has 0 saturated carbocycles. The maximum Gasteiger partial charge on any atom is 0.225 e. The van der Waals surface area contributed by atoms with E-state index in [9.17, 15) is 4.79 Å². The molecule has 5 nitrogen and oxygen atoms in total. The second-order valence-corrected chi connectivity index (χ2v) is 5.29. The van der Waals surface area contributed by atoms with Crippen LogP contribution in [-0.4, -0.2) is 38.8 Å². The number of rotatable bonds is 8. The van der Waals surface area contributed by atoms with Gasteiger partial charge in [-0.2, -0.15) is 0 Å². The van der Waals surface area contributed by atoms with Crippen molar-refractivity contribution in [1.29, 1.82) is 0 Å². The van der Waals surface area contributed by atoms with Gasteiger partial charge in [-0.3, -0.25) is 4.79 Å². The molecule has 1 heterocycles. The van der Waals surface area contributed by atoms with E-state index in [0.29, 0.717) is 32.3 Å². The van der Waals surface area contributed by atoms with Crippen molar-refractivity contribution in [2.24, 2.45) is 0 Å². The zero-order chi connectivity index (χ0) is 14.9. The van der Waals surface area contributed by atoms with Crippen LogP contribution in [0.2, 0.25) is 0 Å². The highest BCUT2D eigenvalue weighted by Crippen LogP contribution is 2.14. The molecule has 0 aliphatic carbocycles. The summed E-state index contributed by atoms with van der Waals surface area (Å²) in [5, 5.41) is 6.28. The lowest BCUT2D eigenvalue weighted by atomic mass is 10.1. The van der Waals surface area contributed by atoms with E-state index in [1.54, 1.807) is 7.11 Å². The SMILES string of the molecule is COCCOCc1cccc(NC(=O)CC2CCCN2)c1. The number of ether oxygens (including phenoxy) is 2. The summed E-state index contributed by atoms with van der Waals surface area (Å²) >= 11 is 0. The van der Waals surface area contributed by atoms with Crippen molar-refractivity contribution in [2.75, 3.05) is 32.2 Å². The van der Waals surface area contributed by atoms with Crippen molar-refractivity contribution >= 4 is 11.6 Å². The Bertz CT molecular complexity index is 445. The minimum absolute atomic E-state index is 0.0619. The summed E-state index contributed by atoms with van der Waals surface area (Å²) in [5.74, 6) is 0.0619. The smallest absolute Gasteiger partial charge is 0.225 e. The van der Waals surface area contributed by atoms with Gasteiger partial charge >= 0.3 is 0 Å². The first kappa shape index (κ1) is 15.9. The number of methoxy groups -OCH3 is 1. The number of hydrogen-bond donors (Lipinski definition) is 2. The third-order valence-corrected chi connectivity index (χ3v) is 3.51. The minimum atomic E-state index is 0.0619. The van der Waals surface area contributed by atoms with E-state index in [2.05, 4.69) is 10.6 Å². The molecule has 116 valence electrons. The van der Waals surface area contributed by atoms with Gasteiger partial charge in [-0.1, -0.05) is 12.1 Å². The molecule has 1 amide bonds. The molecule has 1 fully saturated rings. The molecule has 21 heavy (non-hydrogen) atoms. The first-order valence-corrected chi connectivity index (χ1v) is 7.47. The molecule has 1 aliphatic rings. The summed E-state index contributed by atoms with van der Waals surface area (Å²) in [7, 11) is 1.65. The average Bonchev–Trinajstić information content (AvgIpc) is 2.97. The third-order valence-electron chi connectivity index (χ3n) is 3.51. The van der Waals surface area contributed by atoms with Crippen LogP contribution in [0, 0.1) is 0 Å². The highest BCUT2D eigenvalue weighted by atomic mass is 16.5. The monoisotopic (exact) mass is 292 g/mol. The molecule has 1 aliphatic heterocycles. The predicted molar refractivity (Wildman–Crippen MR) is 82.2 cm³/mol. The lowest BCUT2D eigenvalue weighted by Crippen LogP contribution is -2.27. The van der Waals surface area contributed by atoms with Crippen LogP contribution < -0.4 is 10.6 Å². The van der Waals surface area contributed by atoms with Gasteiger partial charge < -0.3 is 20.1 Å². The fourth-order valence-corrected chi connectivity index (χ4v) is 2.44. The Labute approximate surface area is 126 Å². The molecule has 0 spiro atoms. The summed E-state index contributed by atoms with van der Waals surface area (Å²) in [6.07, 6.45) is 2.78. The van der Waals surface area contributed by atoms with Crippen LogP contribution in [0.3, 0.4) is 0 Å². The third kappa shape index (κ3) is 5.83. The Morgan fingerprint density at radius 3 is 3.10 bits per heavy atom. The molecule has 2 rings (SSSR count). The maximum absolute atomic E-state index is 12.0. The summed E-state index contributed by atoms with van der Waals surface area (Å²) < 4.78 is 10.4. The fraction of sp³-hybridized carbons (Fsp3) is 0.562. The van der Waals surface area contributed by atoms with Gasteiger partial charge in [-0.05, 0) is 37.1 Å². The van der Waals surface area contributed by atoms with Crippen LogP contribution in [-0.2, 0) is 20.9 Å². The van der Waals surface area contributed by atoms with Gasteiger partial charge in [0.05, 0.1) is 19.8 Å².